The van der Waals surface area contributed by atoms with E-state index in [1.807, 2.05) is 37.3 Å². The molecule has 2 N–H and O–H groups in total. The molecule has 2 aromatic rings. The zero-order chi connectivity index (χ0) is 14.7. The third-order valence-electron chi connectivity index (χ3n) is 3.56. The summed E-state index contributed by atoms with van der Waals surface area (Å²) in [5, 5.41) is 6.56. The van der Waals surface area contributed by atoms with Crippen molar-refractivity contribution in [2.45, 2.75) is 13.3 Å². The molecule has 0 atom stereocenters. The van der Waals surface area contributed by atoms with Gasteiger partial charge in [0, 0.05) is 25.0 Å². The van der Waals surface area contributed by atoms with E-state index in [0.29, 0.717) is 5.82 Å². The van der Waals surface area contributed by atoms with E-state index in [0.717, 1.165) is 43.0 Å². The molecule has 2 heterocycles. The van der Waals surface area contributed by atoms with Gasteiger partial charge in [-0.25, -0.2) is 4.98 Å². The van der Waals surface area contributed by atoms with Crippen LogP contribution in [0.5, 0.6) is 0 Å². The predicted molar refractivity (Wildman–Crippen MR) is 85.2 cm³/mol. The van der Waals surface area contributed by atoms with E-state index in [1.54, 1.807) is 11.1 Å². The molecular formula is C16H18N4O. The number of hydrogen-bond acceptors (Lipinski definition) is 4. The minimum atomic E-state index is 0.625. The van der Waals surface area contributed by atoms with Crippen LogP contribution in [0.4, 0.5) is 22.9 Å². The first kappa shape index (κ1) is 13.4. The summed E-state index contributed by atoms with van der Waals surface area (Å²) in [6.07, 6.45) is 3.49. The van der Waals surface area contributed by atoms with Gasteiger partial charge >= 0.3 is 0 Å². The molecule has 0 bridgehead atoms. The van der Waals surface area contributed by atoms with E-state index in [2.05, 4.69) is 15.6 Å². The Kier molecular flexibility index (Phi) is 3.73. The summed E-state index contributed by atoms with van der Waals surface area (Å²) in [7, 11) is 0. The summed E-state index contributed by atoms with van der Waals surface area (Å²) in [6, 6.07) is 9.79. The number of carbonyl (C=O) groups is 1. The molecule has 108 valence electrons. The predicted octanol–water partition coefficient (Wildman–Crippen LogP) is 2.78. The maximum atomic E-state index is 11.6. The number of nitrogens with zero attached hydrogens (tertiary/aromatic N) is 2. The van der Waals surface area contributed by atoms with E-state index in [9.17, 15) is 4.79 Å². The number of hydrogen-bond donors (Lipinski definition) is 2. The zero-order valence-corrected chi connectivity index (χ0v) is 12.0. The number of rotatable bonds is 5. The highest BCUT2D eigenvalue weighted by Crippen LogP contribution is 2.32. The highest BCUT2D eigenvalue weighted by atomic mass is 16.1. The second-order valence-electron chi connectivity index (χ2n) is 4.90. The van der Waals surface area contributed by atoms with Gasteiger partial charge in [-0.2, -0.15) is 0 Å². The lowest BCUT2D eigenvalue weighted by molar-refractivity contribution is -0.106. The minimum absolute atomic E-state index is 0.625. The number of aromatic nitrogens is 1. The van der Waals surface area contributed by atoms with Crippen LogP contribution in [0.15, 0.2) is 36.5 Å². The van der Waals surface area contributed by atoms with E-state index >= 15 is 0 Å². The molecule has 0 fully saturated rings. The van der Waals surface area contributed by atoms with Crippen LogP contribution in [0.2, 0.25) is 0 Å². The molecule has 3 rings (SSSR count). The van der Waals surface area contributed by atoms with Gasteiger partial charge in [-0.15, -0.1) is 0 Å². The Morgan fingerprint density at radius 2 is 2.33 bits per heavy atom. The van der Waals surface area contributed by atoms with Crippen molar-refractivity contribution in [3.8, 4) is 0 Å². The number of fused-ring (bicyclic) bond motifs is 1. The van der Waals surface area contributed by atoms with Crippen LogP contribution < -0.4 is 15.5 Å². The lowest BCUT2D eigenvalue weighted by atomic mass is 10.1. The fraction of sp³-hybridized carbons (Fsp3) is 0.250. The van der Waals surface area contributed by atoms with Gasteiger partial charge in [0.1, 0.15) is 0 Å². The summed E-state index contributed by atoms with van der Waals surface area (Å²) < 4.78 is 0. The largest absolute Gasteiger partial charge is 0.384 e. The highest BCUT2D eigenvalue weighted by molar-refractivity contribution is 5.90. The lowest BCUT2D eigenvalue weighted by Gasteiger charge is -2.20. The van der Waals surface area contributed by atoms with Crippen molar-refractivity contribution in [2.24, 2.45) is 0 Å². The summed E-state index contributed by atoms with van der Waals surface area (Å²) in [6.45, 7) is 3.74. The second-order valence-corrected chi connectivity index (χ2v) is 4.90. The molecule has 21 heavy (non-hydrogen) atoms. The molecule has 1 aromatic carbocycles. The van der Waals surface area contributed by atoms with Gasteiger partial charge in [0.2, 0.25) is 6.41 Å². The Bertz CT molecular complexity index is 656. The Balaban J connectivity index is 2.00. The van der Waals surface area contributed by atoms with Gasteiger partial charge in [-0.1, -0.05) is 0 Å². The van der Waals surface area contributed by atoms with Crippen molar-refractivity contribution in [1.29, 1.82) is 0 Å². The highest BCUT2D eigenvalue weighted by Gasteiger charge is 2.17. The molecule has 1 aliphatic rings. The summed E-state index contributed by atoms with van der Waals surface area (Å²) in [5.41, 5.74) is 4.08. The first-order valence-electron chi connectivity index (χ1n) is 7.13. The quantitative estimate of drug-likeness (QED) is 0.828. The monoisotopic (exact) mass is 282 g/mol. The van der Waals surface area contributed by atoms with Crippen LogP contribution in [-0.2, 0) is 11.2 Å². The van der Waals surface area contributed by atoms with Crippen LogP contribution in [-0.4, -0.2) is 24.5 Å². The topological polar surface area (TPSA) is 57.3 Å². The molecule has 0 unspecified atom stereocenters. The first-order chi connectivity index (χ1) is 10.3. The zero-order valence-electron chi connectivity index (χ0n) is 12.0. The Labute approximate surface area is 124 Å². The Morgan fingerprint density at radius 1 is 1.43 bits per heavy atom. The second kappa shape index (κ2) is 5.83. The van der Waals surface area contributed by atoms with Crippen LogP contribution >= 0.6 is 0 Å². The van der Waals surface area contributed by atoms with Crippen LogP contribution in [0.25, 0.3) is 0 Å². The van der Waals surface area contributed by atoms with Crippen LogP contribution in [0.3, 0.4) is 0 Å². The lowest BCUT2D eigenvalue weighted by Crippen LogP contribution is -2.17. The molecule has 0 aliphatic carbocycles. The fourth-order valence-electron chi connectivity index (χ4n) is 2.59. The maximum absolute atomic E-state index is 11.6. The fourth-order valence-corrected chi connectivity index (χ4v) is 2.59. The number of benzene rings is 1. The molecule has 1 aliphatic heterocycles. The Morgan fingerprint density at radius 3 is 3.14 bits per heavy atom. The van der Waals surface area contributed by atoms with Gasteiger partial charge < -0.3 is 10.6 Å². The van der Waals surface area contributed by atoms with Gasteiger partial charge in [-0.05, 0) is 49.2 Å². The average Bonchev–Trinajstić information content (AvgIpc) is 2.98. The molecule has 1 aromatic heterocycles. The first-order valence-corrected chi connectivity index (χ1v) is 7.13. The Hall–Kier alpha value is -2.56. The number of nitrogens with one attached hydrogen (secondary N) is 2. The smallest absolute Gasteiger partial charge is 0.219 e. The van der Waals surface area contributed by atoms with E-state index in [4.69, 9.17) is 0 Å². The van der Waals surface area contributed by atoms with E-state index in [-0.39, 0.29) is 0 Å². The molecule has 5 heteroatoms. The third-order valence-corrected chi connectivity index (χ3v) is 3.56. The third kappa shape index (κ3) is 2.54. The van der Waals surface area contributed by atoms with E-state index in [1.165, 1.54) is 5.56 Å². The number of carbonyl (C=O) groups excluding carboxylic acids is 1. The summed E-state index contributed by atoms with van der Waals surface area (Å²) >= 11 is 0. The van der Waals surface area contributed by atoms with Crippen molar-refractivity contribution >= 4 is 29.3 Å². The molecule has 5 nitrogen and oxygen atoms in total. The number of amides is 1. The molecule has 0 saturated carbocycles. The van der Waals surface area contributed by atoms with Gasteiger partial charge in [0.15, 0.2) is 5.82 Å². The molecular weight excluding hydrogens is 264 g/mol. The summed E-state index contributed by atoms with van der Waals surface area (Å²) in [4.78, 5) is 17.5. The van der Waals surface area contributed by atoms with Gasteiger partial charge in [0.25, 0.3) is 0 Å². The van der Waals surface area contributed by atoms with E-state index < -0.39 is 0 Å². The van der Waals surface area contributed by atoms with Gasteiger partial charge in [0.05, 0.1) is 11.4 Å². The minimum Gasteiger partial charge on any atom is -0.384 e. The molecule has 1 amide bonds. The SMILES string of the molecule is CCNc1cccnc1N(C=O)c1ccc2c(c1)CCN2. The van der Waals surface area contributed by atoms with Crippen molar-refractivity contribution in [2.75, 3.05) is 28.6 Å². The van der Waals surface area contributed by atoms with Crippen molar-refractivity contribution < 1.29 is 4.79 Å². The molecule has 0 radical (unpaired) electrons. The van der Waals surface area contributed by atoms with Gasteiger partial charge in [-0.3, -0.25) is 9.69 Å². The van der Waals surface area contributed by atoms with Crippen molar-refractivity contribution in [1.82, 2.24) is 4.98 Å². The molecule has 0 spiro atoms. The maximum Gasteiger partial charge on any atom is 0.219 e. The van der Waals surface area contributed by atoms with Crippen molar-refractivity contribution in [3.63, 3.8) is 0 Å². The standard InChI is InChI=1S/C16H18N4O/c1-2-17-15-4-3-8-19-16(15)20(11-21)13-5-6-14-12(10-13)7-9-18-14/h3-6,8,10-11,17-18H,2,7,9H2,1H3. The average molecular weight is 282 g/mol. The van der Waals surface area contributed by atoms with Crippen LogP contribution in [0.1, 0.15) is 12.5 Å². The van der Waals surface area contributed by atoms with Crippen LogP contribution in [0, 0.1) is 0 Å². The number of anilines is 4. The normalized spacial score (nSPS) is 12.4. The van der Waals surface area contributed by atoms with Crippen molar-refractivity contribution in [3.05, 3.63) is 42.1 Å². The summed E-state index contributed by atoms with van der Waals surface area (Å²) in [5.74, 6) is 0.625. The number of pyridine rings is 1. The molecule has 0 saturated heterocycles.